The molecule has 3 nitrogen and oxygen atoms in total. The van der Waals surface area contributed by atoms with Gasteiger partial charge in [0.2, 0.25) is 0 Å². The molecule has 2 unspecified atom stereocenters. The first kappa shape index (κ1) is 12.7. The quantitative estimate of drug-likeness (QED) is 0.873. The van der Waals surface area contributed by atoms with E-state index >= 15 is 0 Å². The molecular formula is C14H24N2O. The zero-order valence-corrected chi connectivity index (χ0v) is 11.1. The minimum Gasteiger partial charge on any atom is -0.472 e. The summed E-state index contributed by atoms with van der Waals surface area (Å²) in [4.78, 5) is 2.34. The summed E-state index contributed by atoms with van der Waals surface area (Å²) >= 11 is 0. The molecule has 1 aromatic heterocycles. The van der Waals surface area contributed by atoms with Gasteiger partial charge in [-0.2, -0.15) is 0 Å². The molecule has 0 radical (unpaired) electrons. The highest BCUT2D eigenvalue weighted by molar-refractivity contribution is 5.05. The second-order valence-electron chi connectivity index (χ2n) is 6.14. The molecule has 0 amide bonds. The number of rotatable bonds is 4. The van der Waals surface area contributed by atoms with Crippen LogP contribution in [0.25, 0.3) is 0 Å². The van der Waals surface area contributed by atoms with Crippen molar-refractivity contribution in [1.82, 2.24) is 4.90 Å². The number of nitrogens with zero attached hydrogens (tertiary/aromatic N) is 1. The third kappa shape index (κ3) is 2.90. The van der Waals surface area contributed by atoms with Crippen molar-refractivity contribution >= 4 is 0 Å². The van der Waals surface area contributed by atoms with Crippen LogP contribution in [0, 0.1) is 11.3 Å². The molecule has 2 rings (SSSR count). The summed E-state index contributed by atoms with van der Waals surface area (Å²) in [5.74, 6) is 0.627. The van der Waals surface area contributed by atoms with Gasteiger partial charge in [0.25, 0.3) is 0 Å². The highest BCUT2D eigenvalue weighted by Gasteiger charge is 2.39. The Hall–Kier alpha value is -0.800. The third-order valence-corrected chi connectivity index (χ3v) is 4.15. The molecule has 1 fully saturated rings. The van der Waals surface area contributed by atoms with Crippen molar-refractivity contribution in [2.24, 2.45) is 17.1 Å². The highest BCUT2D eigenvalue weighted by Crippen LogP contribution is 2.40. The second-order valence-corrected chi connectivity index (χ2v) is 6.14. The molecule has 0 aliphatic heterocycles. The standard InChI is InChI=1S/C14H24N2O/c1-14(2)6-4-12(13(14)15)9-16(3)8-11-5-7-17-10-11/h5,7,10,12-13H,4,6,8-9,15H2,1-3H3. The van der Waals surface area contributed by atoms with Gasteiger partial charge in [-0.15, -0.1) is 0 Å². The van der Waals surface area contributed by atoms with E-state index in [4.69, 9.17) is 10.2 Å². The molecule has 1 aromatic rings. The van der Waals surface area contributed by atoms with Crippen molar-refractivity contribution < 1.29 is 4.42 Å². The molecule has 1 heterocycles. The van der Waals surface area contributed by atoms with Crippen LogP contribution in [-0.4, -0.2) is 24.5 Å². The summed E-state index contributed by atoms with van der Waals surface area (Å²) < 4.78 is 5.09. The molecule has 0 saturated heterocycles. The van der Waals surface area contributed by atoms with Crippen molar-refractivity contribution in [3.8, 4) is 0 Å². The Labute approximate surface area is 104 Å². The summed E-state index contributed by atoms with van der Waals surface area (Å²) in [6.45, 7) is 6.59. The average molecular weight is 236 g/mol. The van der Waals surface area contributed by atoms with Gasteiger partial charge in [0.15, 0.2) is 0 Å². The molecule has 1 saturated carbocycles. The van der Waals surface area contributed by atoms with Gasteiger partial charge in [0, 0.05) is 24.7 Å². The maximum Gasteiger partial charge on any atom is 0.0947 e. The zero-order valence-electron chi connectivity index (χ0n) is 11.1. The molecule has 2 atom stereocenters. The van der Waals surface area contributed by atoms with Crippen LogP contribution in [0.15, 0.2) is 23.0 Å². The van der Waals surface area contributed by atoms with Gasteiger partial charge in [-0.3, -0.25) is 0 Å². The van der Waals surface area contributed by atoms with Crippen molar-refractivity contribution in [3.05, 3.63) is 24.2 Å². The van der Waals surface area contributed by atoms with Gasteiger partial charge in [-0.25, -0.2) is 0 Å². The zero-order chi connectivity index (χ0) is 12.5. The van der Waals surface area contributed by atoms with Gasteiger partial charge in [-0.1, -0.05) is 13.8 Å². The monoisotopic (exact) mass is 236 g/mol. The Balaban J connectivity index is 1.85. The lowest BCUT2D eigenvalue weighted by Crippen LogP contribution is -2.41. The molecule has 17 heavy (non-hydrogen) atoms. The minimum absolute atomic E-state index is 0.307. The van der Waals surface area contributed by atoms with Crippen LogP contribution < -0.4 is 5.73 Å². The second kappa shape index (κ2) is 4.83. The van der Waals surface area contributed by atoms with Crippen molar-refractivity contribution in [1.29, 1.82) is 0 Å². The van der Waals surface area contributed by atoms with E-state index < -0.39 is 0 Å². The van der Waals surface area contributed by atoms with Crippen molar-refractivity contribution in [2.45, 2.75) is 39.3 Å². The summed E-state index contributed by atoms with van der Waals surface area (Å²) in [6.07, 6.45) is 6.05. The largest absolute Gasteiger partial charge is 0.472 e. The van der Waals surface area contributed by atoms with Gasteiger partial charge in [-0.05, 0) is 37.3 Å². The SMILES string of the molecule is CN(Cc1ccoc1)CC1CCC(C)(C)C1N. The van der Waals surface area contributed by atoms with E-state index in [-0.39, 0.29) is 0 Å². The number of hydrogen-bond acceptors (Lipinski definition) is 3. The Bertz CT molecular complexity index is 345. The Morgan fingerprint density at radius 2 is 2.29 bits per heavy atom. The fraction of sp³-hybridized carbons (Fsp3) is 0.714. The summed E-state index contributed by atoms with van der Waals surface area (Å²) in [5.41, 5.74) is 7.87. The Morgan fingerprint density at radius 1 is 1.53 bits per heavy atom. The van der Waals surface area contributed by atoms with Crippen LogP contribution in [0.3, 0.4) is 0 Å². The number of furan rings is 1. The van der Waals surface area contributed by atoms with Gasteiger partial charge in [0.05, 0.1) is 12.5 Å². The smallest absolute Gasteiger partial charge is 0.0947 e. The normalized spacial score (nSPS) is 27.8. The average Bonchev–Trinajstić information content (AvgIpc) is 2.82. The van der Waals surface area contributed by atoms with Gasteiger partial charge in [0.1, 0.15) is 0 Å². The molecule has 96 valence electrons. The van der Waals surface area contributed by atoms with E-state index in [1.54, 1.807) is 6.26 Å². The van der Waals surface area contributed by atoms with E-state index in [0.717, 1.165) is 13.1 Å². The van der Waals surface area contributed by atoms with E-state index in [1.807, 2.05) is 12.3 Å². The molecule has 1 aliphatic carbocycles. The summed E-state index contributed by atoms with van der Waals surface area (Å²) in [6, 6.07) is 2.35. The van der Waals surface area contributed by atoms with E-state index in [9.17, 15) is 0 Å². The van der Waals surface area contributed by atoms with Gasteiger partial charge < -0.3 is 15.1 Å². The molecule has 2 N–H and O–H groups in total. The molecule has 3 heteroatoms. The predicted octanol–water partition coefficient (Wildman–Crippen LogP) is 2.47. The fourth-order valence-corrected chi connectivity index (χ4v) is 2.91. The highest BCUT2D eigenvalue weighted by atomic mass is 16.3. The number of nitrogens with two attached hydrogens (primary N) is 1. The van der Waals surface area contributed by atoms with Crippen LogP contribution in [0.1, 0.15) is 32.3 Å². The van der Waals surface area contributed by atoms with Crippen LogP contribution in [-0.2, 0) is 6.54 Å². The van der Waals surface area contributed by atoms with Crippen LogP contribution in [0.5, 0.6) is 0 Å². The molecular weight excluding hydrogens is 212 g/mol. The fourth-order valence-electron chi connectivity index (χ4n) is 2.91. The molecule has 0 spiro atoms. The van der Waals surface area contributed by atoms with E-state index in [2.05, 4.69) is 25.8 Å². The molecule has 0 aromatic carbocycles. The lowest BCUT2D eigenvalue weighted by molar-refractivity contribution is 0.229. The number of hydrogen-bond donors (Lipinski definition) is 1. The minimum atomic E-state index is 0.307. The molecule has 0 bridgehead atoms. The van der Waals surface area contributed by atoms with Crippen LogP contribution in [0.2, 0.25) is 0 Å². The molecule has 1 aliphatic rings. The maximum atomic E-state index is 6.33. The first-order chi connectivity index (χ1) is 7.99. The lowest BCUT2D eigenvalue weighted by Gasteiger charge is -2.29. The van der Waals surface area contributed by atoms with Gasteiger partial charge >= 0.3 is 0 Å². The van der Waals surface area contributed by atoms with Crippen LogP contribution >= 0.6 is 0 Å². The first-order valence-corrected chi connectivity index (χ1v) is 6.44. The Kier molecular flexibility index (Phi) is 3.59. The predicted molar refractivity (Wildman–Crippen MR) is 69.5 cm³/mol. The topological polar surface area (TPSA) is 42.4 Å². The lowest BCUT2D eigenvalue weighted by atomic mass is 9.85. The third-order valence-electron chi connectivity index (χ3n) is 4.15. The van der Waals surface area contributed by atoms with E-state index in [0.29, 0.717) is 17.4 Å². The summed E-state index contributed by atoms with van der Waals surface area (Å²) in [7, 11) is 2.16. The van der Waals surface area contributed by atoms with E-state index in [1.165, 1.54) is 18.4 Å². The van der Waals surface area contributed by atoms with Crippen molar-refractivity contribution in [2.75, 3.05) is 13.6 Å². The van der Waals surface area contributed by atoms with Crippen molar-refractivity contribution in [3.63, 3.8) is 0 Å². The first-order valence-electron chi connectivity index (χ1n) is 6.44. The van der Waals surface area contributed by atoms with Crippen LogP contribution in [0.4, 0.5) is 0 Å². The maximum absolute atomic E-state index is 6.33. The Morgan fingerprint density at radius 3 is 2.82 bits per heavy atom. The summed E-state index contributed by atoms with van der Waals surface area (Å²) in [5, 5.41) is 0.